The molecule has 0 aromatic heterocycles. The second-order valence-corrected chi connectivity index (χ2v) is 6.46. The number of likely N-dealkylation sites (tertiary alicyclic amines) is 1. The van der Waals surface area contributed by atoms with E-state index in [1.807, 2.05) is 13.0 Å². The fraction of sp³-hybridized carbons (Fsp3) is 0.625. The lowest BCUT2D eigenvalue weighted by atomic mass is 9.84. The van der Waals surface area contributed by atoms with E-state index in [0.717, 1.165) is 35.0 Å². The minimum atomic E-state index is -0.0805. The zero-order valence-corrected chi connectivity index (χ0v) is 13.8. The predicted molar refractivity (Wildman–Crippen MR) is 84.8 cm³/mol. The molecule has 1 saturated heterocycles. The number of rotatable bonds is 4. The topological polar surface area (TPSA) is 38.5 Å². The largest absolute Gasteiger partial charge is 0.496 e. The molecule has 1 heterocycles. The molecule has 1 aliphatic rings. The van der Waals surface area contributed by atoms with Crippen LogP contribution in [0.4, 0.5) is 0 Å². The molecule has 1 atom stereocenters. The zero-order chi connectivity index (χ0) is 15.0. The van der Waals surface area contributed by atoms with Crippen molar-refractivity contribution in [1.82, 2.24) is 4.90 Å². The maximum Gasteiger partial charge on any atom is 0.127 e. The van der Waals surface area contributed by atoms with Crippen LogP contribution < -0.4 is 10.5 Å². The summed E-state index contributed by atoms with van der Waals surface area (Å²) < 4.78 is 5.67. The molecule has 0 bridgehead atoms. The van der Waals surface area contributed by atoms with Crippen molar-refractivity contribution in [3.8, 4) is 5.75 Å². The predicted octanol–water partition coefficient (Wildman–Crippen LogP) is 3.48. The third-order valence-corrected chi connectivity index (χ3v) is 4.69. The lowest BCUT2D eigenvalue weighted by Gasteiger charge is -2.43. The van der Waals surface area contributed by atoms with Crippen LogP contribution >= 0.6 is 11.6 Å². The standard InChI is InChI=1S/C16H25ClN2O/c1-9(2)19-7-12(8-19)15-10(3)14(17)6-13(11(4)18)16(15)20-5/h6,9,11-12H,7-8,18H2,1-5H3. The van der Waals surface area contributed by atoms with Crippen molar-refractivity contribution >= 4 is 11.6 Å². The first kappa shape index (κ1) is 15.6. The summed E-state index contributed by atoms with van der Waals surface area (Å²) in [6.07, 6.45) is 0. The molecule has 1 unspecified atom stereocenters. The quantitative estimate of drug-likeness (QED) is 0.924. The van der Waals surface area contributed by atoms with E-state index in [9.17, 15) is 0 Å². The number of benzene rings is 1. The van der Waals surface area contributed by atoms with Crippen molar-refractivity contribution in [2.45, 2.75) is 45.7 Å². The second-order valence-electron chi connectivity index (χ2n) is 6.05. The molecular weight excluding hydrogens is 272 g/mol. The number of nitrogens with two attached hydrogens (primary N) is 1. The van der Waals surface area contributed by atoms with Crippen LogP contribution in [0.2, 0.25) is 5.02 Å². The highest BCUT2D eigenvalue weighted by Crippen LogP contribution is 2.42. The zero-order valence-electron chi connectivity index (χ0n) is 13.0. The van der Waals surface area contributed by atoms with Gasteiger partial charge >= 0.3 is 0 Å². The van der Waals surface area contributed by atoms with Crippen molar-refractivity contribution < 1.29 is 4.74 Å². The van der Waals surface area contributed by atoms with Gasteiger partial charge in [0.1, 0.15) is 5.75 Å². The van der Waals surface area contributed by atoms with Crippen LogP contribution in [-0.2, 0) is 0 Å². The van der Waals surface area contributed by atoms with E-state index in [1.54, 1.807) is 7.11 Å². The highest BCUT2D eigenvalue weighted by atomic mass is 35.5. The van der Waals surface area contributed by atoms with E-state index in [2.05, 4.69) is 25.7 Å². The minimum absolute atomic E-state index is 0.0805. The first-order valence-electron chi connectivity index (χ1n) is 7.23. The van der Waals surface area contributed by atoms with E-state index < -0.39 is 0 Å². The normalized spacial score (nSPS) is 18.2. The molecule has 0 amide bonds. The van der Waals surface area contributed by atoms with Crippen molar-refractivity contribution in [2.75, 3.05) is 20.2 Å². The fourth-order valence-electron chi connectivity index (χ4n) is 2.94. The van der Waals surface area contributed by atoms with Gasteiger partial charge in [0.25, 0.3) is 0 Å². The van der Waals surface area contributed by atoms with Crippen molar-refractivity contribution in [3.05, 3.63) is 27.8 Å². The van der Waals surface area contributed by atoms with Gasteiger partial charge in [-0.1, -0.05) is 11.6 Å². The molecule has 3 nitrogen and oxygen atoms in total. The van der Waals surface area contributed by atoms with Gasteiger partial charge in [-0.05, 0) is 39.3 Å². The Balaban J connectivity index is 2.41. The number of ether oxygens (including phenoxy) is 1. The van der Waals surface area contributed by atoms with E-state index in [0.29, 0.717) is 12.0 Å². The van der Waals surface area contributed by atoms with Gasteiger partial charge in [0, 0.05) is 47.2 Å². The van der Waals surface area contributed by atoms with Crippen LogP contribution in [-0.4, -0.2) is 31.1 Å². The highest BCUT2D eigenvalue weighted by molar-refractivity contribution is 6.31. The SMILES string of the molecule is COc1c(C(C)N)cc(Cl)c(C)c1C1CN(C(C)C)C1. The molecule has 0 radical (unpaired) electrons. The molecule has 20 heavy (non-hydrogen) atoms. The molecule has 1 fully saturated rings. The van der Waals surface area contributed by atoms with Crippen LogP contribution in [0, 0.1) is 6.92 Å². The molecule has 0 aliphatic carbocycles. The minimum Gasteiger partial charge on any atom is -0.496 e. The number of hydrogen-bond acceptors (Lipinski definition) is 3. The van der Waals surface area contributed by atoms with E-state index in [4.69, 9.17) is 22.1 Å². The molecule has 2 rings (SSSR count). The Morgan fingerprint density at radius 3 is 2.40 bits per heavy atom. The van der Waals surface area contributed by atoms with E-state index >= 15 is 0 Å². The Labute approximate surface area is 127 Å². The molecule has 4 heteroatoms. The van der Waals surface area contributed by atoms with Crippen LogP contribution in [0.3, 0.4) is 0 Å². The Bertz CT molecular complexity index is 494. The van der Waals surface area contributed by atoms with Gasteiger partial charge in [0.05, 0.1) is 7.11 Å². The Kier molecular flexibility index (Phi) is 4.62. The number of methoxy groups -OCH3 is 1. The van der Waals surface area contributed by atoms with Crippen molar-refractivity contribution in [1.29, 1.82) is 0 Å². The van der Waals surface area contributed by atoms with Crippen LogP contribution in [0.1, 0.15) is 49.4 Å². The van der Waals surface area contributed by atoms with Gasteiger partial charge in [-0.2, -0.15) is 0 Å². The third kappa shape index (κ3) is 2.67. The van der Waals surface area contributed by atoms with Gasteiger partial charge in [0.15, 0.2) is 0 Å². The third-order valence-electron chi connectivity index (χ3n) is 4.29. The lowest BCUT2D eigenvalue weighted by Crippen LogP contribution is -2.48. The first-order valence-corrected chi connectivity index (χ1v) is 7.61. The molecule has 1 aliphatic heterocycles. The lowest BCUT2D eigenvalue weighted by molar-refractivity contribution is 0.108. The van der Waals surface area contributed by atoms with E-state index in [1.165, 1.54) is 5.56 Å². The second kappa shape index (κ2) is 5.92. The average Bonchev–Trinajstić information content (AvgIpc) is 2.31. The summed E-state index contributed by atoms with van der Waals surface area (Å²) in [5.74, 6) is 1.42. The molecule has 0 saturated carbocycles. The molecule has 0 spiro atoms. The van der Waals surface area contributed by atoms with Gasteiger partial charge in [0.2, 0.25) is 0 Å². The average molecular weight is 297 g/mol. The fourth-order valence-corrected chi connectivity index (χ4v) is 3.16. The smallest absolute Gasteiger partial charge is 0.127 e. The van der Waals surface area contributed by atoms with Gasteiger partial charge in [-0.15, -0.1) is 0 Å². The number of hydrogen-bond donors (Lipinski definition) is 1. The molecular formula is C16H25ClN2O. The Morgan fingerprint density at radius 2 is 1.95 bits per heavy atom. The molecule has 2 N–H and O–H groups in total. The van der Waals surface area contributed by atoms with Crippen LogP contribution in [0.5, 0.6) is 5.75 Å². The summed E-state index contributed by atoms with van der Waals surface area (Å²) >= 11 is 6.39. The summed E-state index contributed by atoms with van der Waals surface area (Å²) in [5, 5.41) is 0.788. The molecule has 1 aromatic rings. The number of halogens is 1. The van der Waals surface area contributed by atoms with Crippen molar-refractivity contribution in [2.24, 2.45) is 5.73 Å². The van der Waals surface area contributed by atoms with Gasteiger partial charge < -0.3 is 10.5 Å². The summed E-state index contributed by atoms with van der Waals surface area (Å²) in [6, 6.07) is 2.45. The van der Waals surface area contributed by atoms with Gasteiger partial charge in [-0.25, -0.2) is 0 Å². The molecule has 1 aromatic carbocycles. The summed E-state index contributed by atoms with van der Waals surface area (Å²) in [7, 11) is 1.72. The van der Waals surface area contributed by atoms with Crippen LogP contribution in [0.15, 0.2) is 6.07 Å². The van der Waals surface area contributed by atoms with Crippen LogP contribution in [0.25, 0.3) is 0 Å². The van der Waals surface area contributed by atoms with Gasteiger partial charge in [-0.3, -0.25) is 4.90 Å². The maximum absolute atomic E-state index is 6.39. The summed E-state index contributed by atoms with van der Waals surface area (Å²) in [6.45, 7) is 10.6. The van der Waals surface area contributed by atoms with Crippen molar-refractivity contribution in [3.63, 3.8) is 0 Å². The first-order chi connectivity index (χ1) is 9.36. The Hall–Kier alpha value is -0.770. The summed E-state index contributed by atoms with van der Waals surface area (Å²) in [5.41, 5.74) is 9.43. The molecule has 112 valence electrons. The number of nitrogens with zero attached hydrogens (tertiary/aromatic N) is 1. The monoisotopic (exact) mass is 296 g/mol. The highest BCUT2D eigenvalue weighted by Gasteiger charge is 2.34. The summed E-state index contributed by atoms with van der Waals surface area (Å²) in [4.78, 5) is 2.45. The van der Waals surface area contributed by atoms with E-state index in [-0.39, 0.29) is 6.04 Å². The maximum atomic E-state index is 6.39. The Morgan fingerprint density at radius 1 is 1.35 bits per heavy atom.